The fraction of sp³-hybridized carbons (Fsp3) is 0.267. The van der Waals surface area contributed by atoms with E-state index in [0.717, 1.165) is 22.6 Å². The van der Waals surface area contributed by atoms with Gasteiger partial charge in [-0.3, -0.25) is 4.40 Å². The van der Waals surface area contributed by atoms with Crippen LogP contribution in [-0.2, 0) is 0 Å². The van der Waals surface area contributed by atoms with Crippen molar-refractivity contribution in [1.29, 1.82) is 0 Å². The lowest BCUT2D eigenvalue weighted by Crippen LogP contribution is -1.96. The van der Waals surface area contributed by atoms with Crippen molar-refractivity contribution in [3.63, 3.8) is 0 Å². The minimum Gasteiger partial charge on any atom is -0.298 e. The van der Waals surface area contributed by atoms with Crippen LogP contribution < -0.4 is 0 Å². The highest BCUT2D eigenvalue weighted by atomic mass is 35.5. The van der Waals surface area contributed by atoms with E-state index in [1.165, 1.54) is 18.4 Å². The summed E-state index contributed by atoms with van der Waals surface area (Å²) in [6, 6.07) is 4.24. The molecule has 4 rings (SSSR count). The molecule has 1 fully saturated rings. The Labute approximate surface area is 121 Å². The summed E-state index contributed by atoms with van der Waals surface area (Å²) >= 11 is 5.92. The molecule has 0 radical (unpaired) electrons. The number of hydrogen-bond acceptors (Lipinski definition) is 3. The van der Waals surface area contributed by atoms with Gasteiger partial charge in [0.1, 0.15) is 5.65 Å². The molecule has 0 saturated heterocycles. The molecule has 3 heterocycles. The largest absolute Gasteiger partial charge is 0.298 e. The molecule has 0 unspecified atom stereocenters. The molecule has 0 bridgehead atoms. The van der Waals surface area contributed by atoms with Gasteiger partial charge in [0.2, 0.25) is 5.28 Å². The second kappa shape index (κ2) is 4.28. The number of imidazole rings is 1. The number of hydrogen-bond donors (Lipinski definition) is 0. The average molecular weight is 285 g/mol. The van der Waals surface area contributed by atoms with Gasteiger partial charge in [0.05, 0.1) is 17.6 Å². The highest BCUT2D eigenvalue weighted by molar-refractivity contribution is 6.28. The first kappa shape index (κ1) is 11.9. The molecule has 100 valence electrons. The lowest BCUT2D eigenvalue weighted by Gasteiger charge is -2.06. The number of aryl methyl sites for hydroxylation is 1. The molecule has 1 aliphatic rings. The number of halogens is 1. The van der Waals surface area contributed by atoms with E-state index in [1.807, 2.05) is 19.3 Å². The Kier molecular flexibility index (Phi) is 2.54. The van der Waals surface area contributed by atoms with Crippen LogP contribution in [0.2, 0.25) is 5.28 Å². The van der Waals surface area contributed by atoms with Crippen LogP contribution in [0.15, 0.2) is 30.7 Å². The van der Waals surface area contributed by atoms with E-state index in [9.17, 15) is 0 Å². The van der Waals surface area contributed by atoms with E-state index in [0.29, 0.717) is 5.92 Å². The zero-order valence-electron chi connectivity index (χ0n) is 11.0. The maximum atomic E-state index is 5.92. The summed E-state index contributed by atoms with van der Waals surface area (Å²) in [7, 11) is 0. The lowest BCUT2D eigenvalue weighted by atomic mass is 10.2. The van der Waals surface area contributed by atoms with Crippen molar-refractivity contribution < 1.29 is 0 Å². The third-order valence-electron chi connectivity index (χ3n) is 3.77. The molecule has 5 heteroatoms. The van der Waals surface area contributed by atoms with Gasteiger partial charge < -0.3 is 0 Å². The summed E-state index contributed by atoms with van der Waals surface area (Å²) in [4.78, 5) is 12.9. The topological polar surface area (TPSA) is 43.1 Å². The molecule has 0 spiro atoms. The van der Waals surface area contributed by atoms with Gasteiger partial charge in [-0.2, -0.15) is 0 Å². The Morgan fingerprint density at radius 2 is 2.10 bits per heavy atom. The van der Waals surface area contributed by atoms with Crippen LogP contribution in [0.25, 0.3) is 17.0 Å². The molecule has 0 aliphatic heterocycles. The van der Waals surface area contributed by atoms with Gasteiger partial charge >= 0.3 is 0 Å². The molecule has 0 atom stereocenters. The SMILES string of the molecule is Cc1cnc(Cl)nc1-c1cnc2c(C3CC3)cccn12. The molecule has 1 saturated carbocycles. The normalized spacial score (nSPS) is 14.9. The highest BCUT2D eigenvalue weighted by Crippen LogP contribution is 2.42. The predicted molar refractivity (Wildman–Crippen MR) is 77.9 cm³/mol. The summed E-state index contributed by atoms with van der Waals surface area (Å²) in [6.07, 6.45) is 8.17. The zero-order valence-corrected chi connectivity index (χ0v) is 11.8. The van der Waals surface area contributed by atoms with Crippen molar-refractivity contribution in [3.8, 4) is 11.4 Å². The molecule has 1 aliphatic carbocycles. The number of rotatable bonds is 2. The fourth-order valence-electron chi connectivity index (χ4n) is 2.60. The first-order valence-electron chi connectivity index (χ1n) is 6.69. The summed E-state index contributed by atoms with van der Waals surface area (Å²) in [5, 5.41) is 0.263. The smallest absolute Gasteiger partial charge is 0.222 e. The van der Waals surface area contributed by atoms with Crippen LogP contribution in [-0.4, -0.2) is 19.4 Å². The average Bonchev–Trinajstić information content (AvgIpc) is 3.20. The Morgan fingerprint density at radius 3 is 2.90 bits per heavy atom. The third-order valence-corrected chi connectivity index (χ3v) is 3.95. The zero-order chi connectivity index (χ0) is 13.7. The van der Waals surface area contributed by atoms with Gasteiger partial charge in [0.25, 0.3) is 0 Å². The lowest BCUT2D eigenvalue weighted by molar-refractivity contribution is 1.06. The van der Waals surface area contributed by atoms with E-state index in [2.05, 4.69) is 31.5 Å². The first-order chi connectivity index (χ1) is 9.74. The van der Waals surface area contributed by atoms with Crippen LogP contribution in [0, 0.1) is 6.92 Å². The van der Waals surface area contributed by atoms with Gasteiger partial charge in [-0.15, -0.1) is 0 Å². The minimum atomic E-state index is 0.263. The Balaban J connectivity index is 1.96. The van der Waals surface area contributed by atoms with E-state index >= 15 is 0 Å². The molecule has 4 nitrogen and oxygen atoms in total. The fourth-order valence-corrected chi connectivity index (χ4v) is 2.73. The monoisotopic (exact) mass is 284 g/mol. The first-order valence-corrected chi connectivity index (χ1v) is 7.07. The maximum absolute atomic E-state index is 5.92. The third kappa shape index (κ3) is 1.79. The quantitative estimate of drug-likeness (QED) is 0.675. The predicted octanol–water partition coefficient (Wildman–Crippen LogP) is 3.63. The van der Waals surface area contributed by atoms with E-state index in [1.54, 1.807) is 6.20 Å². The highest BCUT2D eigenvalue weighted by Gasteiger charge is 2.26. The molecule has 20 heavy (non-hydrogen) atoms. The second-order valence-corrected chi connectivity index (χ2v) is 5.58. The van der Waals surface area contributed by atoms with Crippen LogP contribution in [0.3, 0.4) is 0 Å². The molecule has 3 aromatic rings. The molecule has 0 N–H and O–H groups in total. The van der Waals surface area contributed by atoms with Crippen molar-refractivity contribution >= 4 is 17.2 Å². The van der Waals surface area contributed by atoms with Crippen molar-refractivity contribution in [2.75, 3.05) is 0 Å². The second-order valence-electron chi connectivity index (χ2n) is 5.25. The van der Waals surface area contributed by atoms with Crippen molar-refractivity contribution in [3.05, 3.63) is 47.1 Å². The summed E-state index contributed by atoms with van der Waals surface area (Å²) < 4.78 is 2.10. The van der Waals surface area contributed by atoms with Crippen molar-refractivity contribution in [2.45, 2.75) is 25.7 Å². The Morgan fingerprint density at radius 1 is 1.25 bits per heavy atom. The van der Waals surface area contributed by atoms with Crippen LogP contribution in [0.5, 0.6) is 0 Å². The van der Waals surface area contributed by atoms with Crippen LogP contribution in [0.1, 0.15) is 29.9 Å². The molecular weight excluding hydrogens is 272 g/mol. The van der Waals surface area contributed by atoms with Gasteiger partial charge in [-0.25, -0.2) is 15.0 Å². The number of aromatic nitrogens is 4. The Bertz CT molecular complexity index is 805. The molecular formula is C15H13ClN4. The van der Waals surface area contributed by atoms with Gasteiger partial charge in [0, 0.05) is 12.4 Å². The summed E-state index contributed by atoms with van der Waals surface area (Å²) in [6.45, 7) is 1.98. The van der Waals surface area contributed by atoms with Crippen LogP contribution in [0.4, 0.5) is 0 Å². The van der Waals surface area contributed by atoms with Crippen molar-refractivity contribution in [1.82, 2.24) is 19.4 Å². The summed E-state index contributed by atoms with van der Waals surface area (Å²) in [5.41, 5.74) is 5.15. The molecule has 3 aromatic heterocycles. The number of fused-ring (bicyclic) bond motifs is 1. The summed E-state index contributed by atoms with van der Waals surface area (Å²) in [5.74, 6) is 0.670. The van der Waals surface area contributed by atoms with Gasteiger partial charge in [0.15, 0.2) is 0 Å². The van der Waals surface area contributed by atoms with Gasteiger partial charge in [-0.05, 0) is 54.5 Å². The molecule has 0 amide bonds. The van der Waals surface area contributed by atoms with E-state index < -0.39 is 0 Å². The number of pyridine rings is 1. The molecule has 0 aromatic carbocycles. The van der Waals surface area contributed by atoms with E-state index in [4.69, 9.17) is 11.6 Å². The maximum Gasteiger partial charge on any atom is 0.222 e. The number of nitrogens with zero attached hydrogens (tertiary/aromatic N) is 4. The van der Waals surface area contributed by atoms with Crippen LogP contribution >= 0.6 is 11.6 Å². The minimum absolute atomic E-state index is 0.263. The van der Waals surface area contributed by atoms with E-state index in [-0.39, 0.29) is 5.28 Å². The Hall–Kier alpha value is -1.94. The van der Waals surface area contributed by atoms with Crippen molar-refractivity contribution in [2.24, 2.45) is 0 Å². The van der Waals surface area contributed by atoms with Gasteiger partial charge in [-0.1, -0.05) is 6.07 Å². The standard InChI is InChI=1S/C15H13ClN4/c1-9-7-18-15(16)19-13(9)12-8-17-14-11(10-4-5-10)3-2-6-20(12)14/h2-3,6-8,10H,4-5H2,1H3.